The smallest absolute Gasteiger partial charge is 0.264 e. The van der Waals surface area contributed by atoms with E-state index < -0.39 is 15.4 Å². The van der Waals surface area contributed by atoms with Crippen molar-refractivity contribution in [3.05, 3.63) is 44.2 Å². The summed E-state index contributed by atoms with van der Waals surface area (Å²) in [4.78, 5) is 20.0. The number of allylic oxidation sites excluding steroid dienone is 1. The van der Waals surface area contributed by atoms with Crippen molar-refractivity contribution in [2.45, 2.75) is 12.0 Å². The lowest BCUT2D eigenvalue weighted by molar-refractivity contribution is -0.548. The highest BCUT2D eigenvalue weighted by Gasteiger charge is 2.41. The first-order chi connectivity index (χ1) is 6.52. The van der Waals surface area contributed by atoms with E-state index in [-0.39, 0.29) is 17.4 Å². The number of rotatable bonds is 3. The molecule has 0 saturated heterocycles. The predicted molar refractivity (Wildman–Crippen MR) is 52.4 cm³/mol. The molecule has 0 amide bonds. The minimum absolute atomic E-state index is 0.0397. The van der Waals surface area contributed by atoms with Crippen molar-refractivity contribution in [2.24, 2.45) is 0 Å². The molecule has 0 radical (unpaired) electrons. The van der Waals surface area contributed by atoms with E-state index in [1.165, 1.54) is 18.2 Å². The maximum Gasteiger partial charge on any atom is 0.265 e. The zero-order chi connectivity index (χ0) is 10.8. The first kappa shape index (κ1) is 10.8. The van der Waals surface area contributed by atoms with Crippen LogP contribution in [-0.2, 0) is 0 Å². The van der Waals surface area contributed by atoms with Gasteiger partial charge in [0.1, 0.15) is 0 Å². The van der Waals surface area contributed by atoms with Crippen LogP contribution in [0, 0.1) is 20.2 Å². The summed E-state index contributed by atoms with van der Waals surface area (Å²) in [5.74, 6) is 0. The fraction of sp³-hybridized carbons (Fsp3) is 0.429. The number of hydrogen-bond acceptors (Lipinski definition) is 4. The summed E-state index contributed by atoms with van der Waals surface area (Å²) in [5.41, 5.74) is -1.33. The molecule has 7 heteroatoms. The van der Waals surface area contributed by atoms with Gasteiger partial charge in [-0.15, -0.1) is 0 Å². The van der Waals surface area contributed by atoms with Crippen LogP contribution in [0.15, 0.2) is 23.9 Å². The van der Waals surface area contributed by atoms with Gasteiger partial charge in [0.2, 0.25) is 0 Å². The van der Waals surface area contributed by atoms with Crippen LogP contribution in [0.25, 0.3) is 0 Å². The normalized spacial score (nSPS) is 25.6. The third-order valence-corrected chi connectivity index (χ3v) is 3.01. The van der Waals surface area contributed by atoms with E-state index >= 15 is 0 Å². The van der Waals surface area contributed by atoms with Gasteiger partial charge in [0.25, 0.3) is 11.2 Å². The first-order valence-corrected chi connectivity index (χ1v) is 4.88. The van der Waals surface area contributed by atoms with Crippen molar-refractivity contribution in [2.75, 3.05) is 5.33 Å². The van der Waals surface area contributed by atoms with Gasteiger partial charge in [-0.2, -0.15) is 0 Å². The molecule has 1 aliphatic carbocycles. The Morgan fingerprint density at radius 2 is 2.14 bits per heavy atom. The molecule has 0 saturated carbocycles. The number of hydrogen-bond donors (Lipinski definition) is 0. The fourth-order valence-electron chi connectivity index (χ4n) is 1.08. The summed E-state index contributed by atoms with van der Waals surface area (Å²) in [7, 11) is 0. The molecule has 1 unspecified atom stereocenters. The van der Waals surface area contributed by atoms with Gasteiger partial charge in [0, 0.05) is 23.5 Å². The maximum atomic E-state index is 10.7. The monoisotopic (exact) mass is 262 g/mol. The topological polar surface area (TPSA) is 86.3 Å². The van der Waals surface area contributed by atoms with Crippen LogP contribution in [0.5, 0.6) is 0 Å². The second kappa shape index (κ2) is 3.87. The molecule has 0 aliphatic heterocycles. The van der Waals surface area contributed by atoms with Gasteiger partial charge in [0.05, 0.1) is 10.3 Å². The minimum atomic E-state index is -1.24. The largest absolute Gasteiger partial charge is 0.265 e. The molecule has 0 bridgehead atoms. The van der Waals surface area contributed by atoms with Crippen LogP contribution in [0.2, 0.25) is 0 Å². The molecule has 0 heterocycles. The van der Waals surface area contributed by atoms with Gasteiger partial charge in [-0.3, -0.25) is 20.2 Å². The van der Waals surface area contributed by atoms with Gasteiger partial charge < -0.3 is 0 Å². The van der Waals surface area contributed by atoms with Crippen LogP contribution >= 0.6 is 15.9 Å². The van der Waals surface area contributed by atoms with Gasteiger partial charge in [0.15, 0.2) is 0 Å². The molecule has 0 aromatic rings. The summed E-state index contributed by atoms with van der Waals surface area (Å²) >= 11 is 3.03. The highest BCUT2D eigenvalue weighted by atomic mass is 79.9. The van der Waals surface area contributed by atoms with Gasteiger partial charge in [-0.05, 0) is 6.08 Å². The van der Waals surface area contributed by atoms with Crippen molar-refractivity contribution >= 4 is 15.9 Å². The highest BCUT2D eigenvalue weighted by molar-refractivity contribution is 9.09. The lowest BCUT2D eigenvalue weighted by Gasteiger charge is -2.19. The second-order valence-corrected chi connectivity index (χ2v) is 3.48. The lowest BCUT2D eigenvalue weighted by atomic mass is 9.93. The summed E-state index contributed by atoms with van der Waals surface area (Å²) in [6, 6.07) is 0. The zero-order valence-corrected chi connectivity index (χ0v) is 8.64. The third-order valence-electron chi connectivity index (χ3n) is 2.03. The Kier molecular flexibility index (Phi) is 3.00. The second-order valence-electron chi connectivity index (χ2n) is 2.92. The van der Waals surface area contributed by atoms with Crippen LogP contribution in [0.4, 0.5) is 0 Å². The molecule has 0 fully saturated rings. The SMILES string of the molecule is O=[N+]([O-])C1=CCC(CBr)([N+](=O)[O-])C=C1. The number of alkyl halides is 1. The first-order valence-electron chi connectivity index (χ1n) is 3.76. The Morgan fingerprint density at radius 1 is 1.50 bits per heavy atom. The highest BCUT2D eigenvalue weighted by Crippen LogP contribution is 2.26. The van der Waals surface area contributed by atoms with Crippen molar-refractivity contribution in [1.82, 2.24) is 0 Å². The lowest BCUT2D eigenvalue weighted by Crippen LogP contribution is -2.39. The van der Waals surface area contributed by atoms with E-state index in [1.807, 2.05) is 0 Å². The zero-order valence-electron chi connectivity index (χ0n) is 7.05. The van der Waals surface area contributed by atoms with E-state index in [2.05, 4.69) is 15.9 Å². The molecule has 1 rings (SSSR count). The van der Waals surface area contributed by atoms with Crippen molar-refractivity contribution < 1.29 is 9.85 Å². The van der Waals surface area contributed by atoms with Crippen molar-refractivity contribution in [1.29, 1.82) is 0 Å². The third kappa shape index (κ3) is 1.82. The standard InChI is InChI=1S/C7H7BrN2O4/c8-5-7(10(13)14)3-1-6(2-4-7)9(11)12/h1-3H,4-5H2. The molecule has 1 atom stereocenters. The van der Waals surface area contributed by atoms with Crippen LogP contribution in [0.1, 0.15) is 6.42 Å². The van der Waals surface area contributed by atoms with Crippen molar-refractivity contribution in [3.8, 4) is 0 Å². The Labute approximate surface area is 87.7 Å². The van der Waals surface area contributed by atoms with Gasteiger partial charge >= 0.3 is 0 Å². The van der Waals surface area contributed by atoms with E-state index in [0.29, 0.717) is 0 Å². The Balaban J connectivity index is 2.90. The average molecular weight is 263 g/mol. The molecular weight excluding hydrogens is 256 g/mol. The Bertz CT molecular complexity index is 339. The minimum Gasteiger partial charge on any atom is -0.264 e. The van der Waals surface area contributed by atoms with Crippen LogP contribution in [-0.4, -0.2) is 20.7 Å². The number of nitrogens with zero attached hydrogens (tertiary/aromatic N) is 2. The number of nitro groups is 2. The maximum absolute atomic E-state index is 10.7. The van der Waals surface area contributed by atoms with Gasteiger partial charge in [-0.1, -0.05) is 15.9 Å². The molecular formula is C7H7BrN2O4. The molecule has 0 N–H and O–H groups in total. The van der Waals surface area contributed by atoms with Crippen molar-refractivity contribution in [3.63, 3.8) is 0 Å². The Morgan fingerprint density at radius 3 is 2.43 bits per heavy atom. The molecule has 0 aromatic carbocycles. The van der Waals surface area contributed by atoms with E-state index in [9.17, 15) is 20.2 Å². The quantitative estimate of drug-likeness (QED) is 0.438. The summed E-state index contributed by atoms with van der Waals surface area (Å²) in [6.45, 7) is 0. The molecule has 14 heavy (non-hydrogen) atoms. The number of halogens is 1. The summed E-state index contributed by atoms with van der Waals surface area (Å²) in [5, 5.41) is 21.2. The average Bonchev–Trinajstić information content (AvgIpc) is 2.17. The van der Waals surface area contributed by atoms with E-state index in [0.717, 1.165) is 0 Å². The van der Waals surface area contributed by atoms with E-state index in [4.69, 9.17) is 0 Å². The molecule has 6 nitrogen and oxygen atoms in total. The van der Waals surface area contributed by atoms with Gasteiger partial charge in [-0.25, -0.2) is 0 Å². The van der Waals surface area contributed by atoms with Crippen LogP contribution in [0.3, 0.4) is 0 Å². The summed E-state index contributed by atoms with van der Waals surface area (Å²) < 4.78 is 0. The molecule has 1 aliphatic rings. The van der Waals surface area contributed by atoms with Crippen LogP contribution < -0.4 is 0 Å². The molecule has 76 valence electrons. The molecule has 0 spiro atoms. The summed E-state index contributed by atoms with van der Waals surface area (Å²) in [6.07, 6.45) is 3.75. The van der Waals surface area contributed by atoms with E-state index in [1.54, 1.807) is 0 Å². The Hall–Kier alpha value is -1.24. The fourth-order valence-corrected chi connectivity index (χ4v) is 1.70. The molecule has 0 aromatic heterocycles. The predicted octanol–water partition coefficient (Wildman–Crippen LogP) is 1.52.